The van der Waals surface area contributed by atoms with Crippen LogP contribution in [0.2, 0.25) is 0 Å². The van der Waals surface area contributed by atoms with Crippen LogP contribution in [0.15, 0.2) is 30.3 Å². The second-order valence-corrected chi connectivity index (χ2v) is 5.62. The maximum Gasteiger partial charge on any atom is 0.307 e. The van der Waals surface area contributed by atoms with Crippen LogP contribution >= 0.6 is 0 Å². The highest BCUT2D eigenvalue weighted by molar-refractivity contribution is 5.69. The van der Waals surface area contributed by atoms with Gasteiger partial charge in [0.2, 0.25) is 0 Å². The summed E-state index contributed by atoms with van der Waals surface area (Å²) in [6.45, 7) is 6.23. The Morgan fingerprint density at radius 1 is 1.24 bits per heavy atom. The highest BCUT2D eigenvalue weighted by Gasteiger charge is 2.13. The molecular formula is C19H26O2. The molecule has 21 heavy (non-hydrogen) atoms. The molecule has 0 saturated heterocycles. The van der Waals surface area contributed by atoms with Gasteiger partial charge in [0.15, 0.2) is 6.10 Å². The third-order valence-corrected chi connectivity index (χ3v) is 3.09. The van der Waals surface area contributed by atoms with E-state index >= 15 is 0 Å². The molecule has 1 aromatic carbocycles. The lowest BCUT2D eigenvalue weighted by Gasteiger charge is -2.14. The van der Waals surface area contributed by atoms with Crippen LogP contribution in [0.5, 0.6) is 0 Å². The highest BCUT2D eigenvalue weighted by atomic mass is 16.5. The van der Waals surface area contributed by atoms with E-state index in [4.69, 9.17) is 4.74 Å². The minimum absolute atomic E-state index is 0.137. The molecule has 2 nitrogen and oxygen atoms in total. The number of aryl methyl sites for hydroxylation is 1. The molecule has 2 heteroatoms. The summed E-state index contributed by atoms with van der Waals surface area (Å²) in [5.41, 5.74) is 1.26. The Morgan fingerprint density at radius 2 is 1.95 bits per heavy atom. The monoisotopic (exact) mass is 286 g/mol. The van der Waals surface area contributed by atoms with E-state index in [-0.39, 0.29) is 12.1 Å². The van der Waals surface area contributed by atoms with Crippen molar-refractivity contribution in [1.29, 1.82) is 0 Å². The molecule has 1 rings (SSSR count). The quantitative estimate of drug-likeness (QED) is 0.549. The molecule has 0 bridgehead atoms. The van der Waals surface area contributed by atoms with Gasteiger partial charge in [-0.3, -0.25) is 4.79 Å². The number of hydrogen-bond acceptors (Lipinski definition) is 2. The average Bonchev–Trinajstić information content (AvgIpc) is 2.45. The summed E-state index contributed by atoms with van der Waals surface area (Å²) >= 11 is 0. The number of hydrogen-bond donors (Lipinski definition) is 0. The van der Waals surface area contributed by atoms with Gasteiger partial charge in [0.25, 0.3) is 0 Å². The summed E-state index contributed by atoms with van der Waals surface area (Å²) in [5.74, 6) is 6.39. The Balaban J connectivity index is 2.36. The molecule has 0 saturated carbocycles. The zero-order chi connectivity index (χ0) is 15.5. The van der Waals surface area contributed by atoms with Gasteiger partial charge in [0.05, 0.1) is 0 Å². The summed E-state index contributed by atoms with van der Waals surface area (Å²) in [5, 5.41) is 0. The van der Waals surface area contributed by atoms with Gasteiger partial charge in [-0.25, -0.2) is 0 Å². The van der Waals surface area contributed by atoms with E-state index in [1.807, 2.05) is 25.1 Å². The lowest BCUT2D eigenvalue weighted by atomic mass is 10.1. The van der Waals surface area contributed by atoms with Crippen molar-refractivity contribution >= 4 is 5.97 Å². The molecule has 0 radical (unpaired) electrons. The van der Waals surface area contributed by atoms with Gasteiger partial charge < -0.3 is 4.74 Å². The summed E-state index contributed by atoms with van der Waals surface area (Å²) < 4.78 is 5.49. The number of carbonyl (C=O) groups excluding carboxylic acids is 1. The standard InChI is InChI=1S/C19H26O2/c1-4-5-13-18(15-16(2)3)21-19(20)14-9-12-17-10-7-6-8-11-17/h6-8,10-11,16,18H,4,9,12,14-15H2,1-3H3. The number of carbonyl (C=O) groups is 1. The summed E-state index contributed by atoms with van der Waals surface area (Å²) in [7, 11) is 0. The molecule has 1 unspecified atom stereocenters. The molecule has 0 fully saturated rings. The van der Waals surface area contributed by atoms with Gasteiger partial charge in [-0.1, -0.05) is 62.9 Å². The topological polar surface area (TPSA) is 26.3 Å². The first-order valence-electron chi connectivity index (χ1n) is 7.83. The van der Waals surface area contributed by atoms with Gasteiger partial charge in [0, 0.05) is 12.8 Å². The first kappa shape index (κ1) is 17.3. The first-order chi connectivity index (χ1) is 10.1. The van der Waals surface area contributed by atoms with E-state index in [0.29, 0.717) is 12.3 Å². The summed E-state index contributed by atoms with van der Waals surface area (Å²) in [6.07, 6.45) is 3.52. The van der Waals surface area contributed by atoms with Crippen molar-refractivity contribution in [3.63, 3.8) is 0 Å². The Kier molecular flexibility index (Phi) is 8.28. The largest absolute Gasteiger partial charge is 0.449 e. The van der Waals surface area contributed by atoms with E-state index in [1.165, 1.54) is 5.56 Å². The molecule has 0 aliphatic rings. The minimum Gasteiger partial charge on any atom is -0.449 e. The van der Waals surface area contributed by atoms with Crippen LogP contribution < -0.4 is 0 Å². The average molecular weight is 286 g/mol. The van der Waals surface area contributed by atoms with Crippen LogP contribution in [0.1, 0.15) is 52.0 Å². The molecule has 0 amide bonds. The van der Waals surface area contributed by atoms with Crippen molar-refractivity contribution in [3.8, 4) is 11.8 Å². The molecule has 0 aliphatic carbocycles. The number of benzene rings is 1. The van der Waals surface area contributed by atoms with Crippen LogP contribution in [-0.4, -0.2) is 12.1 Å². The Labute approximate surface area is 128 Å². The summed E-state index contributed by atoms with van der Waals surface area (Å²) in [6, 6.07) is 10.2. The van der Waals surface area contributed by atoms with Crippen molar-refractivity contribution in [2.24, 2.45) is 5.92 Å². The maximum atomic E-state index is 11.9. The van der Waals surface area contributed by atoms with Crippen molar-refractivity contribution in [1.82, 2.24) is 0 Å². The third kappa shape index (κ3) is 8.19. The zero-order valence-electron chi connectivity index (χ0n) is 13.4. The normalized spacial score (nSPS) is 11.6. The molecule has 0 N–H and O–H groups in total. The Bertz CT molecular complexity index is 465. The molecule has 0 aliphatic heterocycles. The van der Waals surface area contributed by atoms with Crippen LogP contribution in [0.4, 0.5) is 0 Å². The van der Waals surface area contributed by atoms with E-state index in [2.05, 4.69) is 37.8 Å². The smallest absolute Gasteiger partial charge is 0.307 e. The first-order valence-corrected chi connectivity index (χ1v) is 7.83. The minimum atomic E-state index is -0.255. The van der Waals surface area contributed by atoms with Crippen molar-refractivity contribution in [3.05, 3.63) is 35.9 Å². The second kappa shape index (κ2) is 10.0. The van der Waals surface area contributed by atoms with E-state index in [0.717, 1.165) is 25.7 Å². The number of esters is 1. The molecule has 1 aromatic rings. The molecule has 114 valence electrons. The predicted molar refractivity (Wildman–Crippen MR) is 86.8 cm³/mol. The van der Waals surface area contributed by atoms with Crippen LogP contribution in [0, 0.1) is 17.8 Å². The maximum absolute atomic E-state index is 11.9. The van der Waals surface area contributed by atoms with Crippen LogP contribution in [-0.2, 0) is 16.0 Å². The molecule has 0 aromatic heterocycles. The summed E-state index contributed by atoms with van der Waals surface area (Å²) in [4.78, 5) is 11.9. The molecular weight excluding hydrogens is 260 g/mol. The SMILES string of the molecule is CCC#CC(CC(C)C)OC(=O)CCCc1ccccc1. The van der Waals surface area contributed by atoms with E-state index < -0.39 is 0 Å². The predicted octanol–water partition coefficient (Wildman–Crippen LogP) is 4.38. The number of rotatable bonds is 7. The van der Waals surface area contributed by atoms with Gasteiger partial charge in [-0.15, -0.1) is 0 Å². The highest BCUT2D eigenvalue weighted by Crippen LogP contribution is 2.11. The van der Waals surface area contributed by atoms with Crippen molar-refractivity contribution in [2.75, 3.05) is 0 Å². The molecule has 1 atom stereocenters. The van der Waals surface area contributed by atoms with Gasteiger partial charge in [0.1, 0.15) is 0 Å². The van der Waals surface area contributed by atoms with E-state index in [1.54, 1.807) is 0 Å². The third-order valence-electron chi connectivity index (χ3n) is 3.09. The van der Waals surface area contributed by atoms with Gasteiger partial charge >= 0.3 is 5.97 Å². The van der Waals surface area contributed by atoms with Crippen LogP contribution in [0.3, 0.4) is 0 Å². The van der Waals surface area contributed by atoms with Gasteiger partial charge in [-0.05, 0) is 30.7 Å². The fourth-order valence-electron chi connectivity index (χ4n) is 2.08. The fourth-order valence-corrected chi connectivity index (χ4v) is 2.08. The number of ether oxygens (including phenoxy) is 1. The lowest BCUT2D eigenvalue weighted by molar-refractivity contribution is -0.147. The fraction of sp³-hybridized carbons (Fsp3) is 0.526. The second-order valence-electron chi connectivity index (χ2n) is 5.62. The van der Waals surface area contributed by atoms with Crippen LogP contribution in [0.25, 0.3) is 0 Å². The van der Waals surface area contributed by atoms with Crippen molar-refractivity contribution < 1.29 is 9.53 Å². The van der Waals surface area contributed by atoms with Crippen molar-refractivity contribution in [2.45, 2.75) is 59.0 Å². The lowest BCUT2D eigenvalue weighted by Crippen LogP contribution is -2.18. The Morgan fingerprint density at radius 3 is 2.57 bits per heavy atom. The molecule has 0 heterocycles. The molecule has 0 spiro atoms. The zero-order valence-corrected chi connectivity index (χ0v) is 13.4. The van der Waals surface area contributed by atoms with E-state index in [9.17, 15) is 4.79 Å². The Hall–Kier alpha value is -1.75. The van der Waals surface area contributed by atoms with Gasteiger partial charge in [-0.2, -0.15) is 0 Å².